The minimum Gasteiger partial charge on any atom is -0.507 e. The fourth-order valence-electron chi connectivity index (χ4n) is 1.73. The van der Waals surface area contributed by atoms with Gasteiger partial charge < -0.3 is 5.11 Å². The van der Waals surface area contributed by atoms with Crippen molar-refractivity contribution in [2.75, 3.05) is 0 Å². The van der Waals surface area contributed by atoms with Crippen LogP contribution in [0.1, 0.15) is 5.56 Å². The summed E-state index contributed by atoms with van der Waals surface area (Å²) in [6, 6.07) is 6.60. The van der Waals surface area contributed by atoms with Crippen LogP contribution < -0.4 is 0 Å². The first-order valence-electron chi connectivity index (χ1n) is 5.38. The van der Waals surface area contributed by atoms with Crippen LogP contribution in [-0.2, 0) is 9.37 Å². The summed E-state index contributed by atoms with van der Waals surface area (Å²) in [5.74, 6) is 0.0685. The molecule has 0 saturated heterocycles. The van der Waals surface area contributed by atoms with Gasteiger partial charge in [-0.2, -0.15) is 5.11 Å². The highest BCUT2D eigenvalue weighted by Crippen LogP contribution is 2.36. The molecule has 0 aromatic heterocycles. The molecule has 0 fully saturated rings. The van der Waals surface area contributed by atoms with Gasteiger partial charge in [0.15, 0.2) is 0 Å². The quantitative estimate of drug-likeness (QED) is 0.337. The Morgan fingerprint density at radius 3 is 2.94 bits per heavy atom. The predicted molar refractivity (Wildman–Crippen MR) is 65.8 cm³/mol. The van der Waals surface area contributed by atoms with Gasteiger partial charge in [-0.3, -0.25) is 0 Å². The lowest BCUT2D eigenvalue weighted by Crippen LogP contribution is -1.84. The van der Waals surface area contributed by atoms with Crippen molar-refractivity contribution in [3.05, 3.63) is 29.8 Å². The first kappa shape index (κ1) is 11.4. The summed E-state index contributed by atoms with van der Waals surface area (Å²) in [6.45, 7) is 1.81. The first-order chi connectivity index (χ1) is 9.17. The average molecular weight is 267 g/mol. The first-order valence-corrected chi connectivity index (χ1v) is 5.67. The van der Waals surface area contributed by atoms with Crippen LogP contribution in [0, 0.1) is 12.4 Å². The molecule has 7 heteroatoms. The number of benzene rings is 2. The highest BCUT2D eigenvalue weighted by Gasteiger charge is 2.09. The Hall–Kier alpha value is -1.67. The van der Waals surface area contributed by atoms with E-state index in [1.807, 2.05) is 6.92 Å². The van der Waals surface area contributed by atoms with Crippen LogP contribution in [0.5, 0.6) is 5.75 Å². The van der Waals surface area contributed by atoms with E-state index < -0.39 is 0 Å². The molecule has 94 valence electrons. The molecule has 6 nitrogen and oxygen atoms in total. The minimum atomic E-state index is 0.0685. The molecule has 0 aliphatic carbocycles. The summed E-state index contributed by atoms with van der Waals surface area (Å²) in [5.41, 5.74) is 4.32. The van der Waals surface area contributed by atoms with Crippen molar-refractivity contribution in [1.29, 1.82) is 5.52 Å². The molecule has 2 aromatic rings. The zero-order valence-corrected chi connectivity index (χ0v) is 10.1. The van der Waals surface area contributed by atoms with Crippen molar-refractivity contribution < 1.29 is 21.1 Å². The summed E-state index contributed by atoms with van der Waals surface area (Å²) in [6.07, 6.45) is 0. The van der Waals surface area contributed by atoms with Crippen molar-refractivity contribution in [3.8, 4) is 5.75 Å². The highest BCUT2D eigenvalue weighted by atomic mass is 32.2. The maximum absolute atomic E-state index is 9.93. The topological polar surface area (TPSA) is 95.1 Å². The van der Waals surface area contributed by atoms with Crippen molar-refractivity contribution in [2.45, 2.75) is 11.8 Å². The van der Waals surface area contributed by atoms with Crippen molar-refractivity contribution >= 4 is 28.5 Å². The van der Waals surface area contributed by atoms with Gasteiger partial charge in [0, 0.05) is 10.3 Å². The van der Waals surface area contributed by atoms with Crippen molar-refractivity contribution in [3.63, 3.8) is 0 Å². The normalized spacial score (nSPS) is 12.2. The van der Waals surface area contributed by atoms with E-state index in [0.29, 0.717) is 16.0 Å². The number of rotatable bonds is 4. The van der Waals surface area contributed by atoms with Gasteiger partial charge in [0.25, 0.3) is 0 Å². The van der Waals surface area contributed by atoms with Crippen molar-refractivity contribution in [2.24, 2.45) is 5.11 Å². The smallest absolute Gasteiger partial charge is 0.214 e. The summed E-state index contributed by atoms with van der Waals surface area (Å²) in [7, 11) is 0. The van der Waals surface area contributed by atoms with Crippen LogP contribution in [0.2, 0.25) is 1.41 Å². The minimum absolute atomic E-state index is 0.0685. The lowest BCUT2D eigenvalue weighted by atomic mass is 10.0. The number of hydrogen-bond acceptors (Lipinski definition) is 7. The summed E-state index contributed by atoms with van der Waals surface area (Å²) >= 11 is 0.754. The largest absolute Gasteiger partial charge is 0.507 e. The molecule has 0 atom stereocenters. The third-order valence-corrected chi connectivity index (χ3v) is 3.15. The molecule has 0 aliphatic rings. The van der Waals surface area contributed by atoms with Crippen LogP contribution in [0.4, 0.5) is 5.69 Å². The second-order valence-corrected chi connectivity index (χ2v) is 4.35. The Labute approximate surface area is 108 Å². The molecule has 0 aliphatic heterocycles. The van der Waals surface area contributed by atoms with Gasteiger partial charge in [0.2, 0.25) is 1.41 Å². The Balaban J connectivity index is 2.59. The number of hydrogen-bond donors (Lipinski definition) is 3. The number of aryl methyl sites for hydroxylation is 1. The zero-order chi connectivity index (χ0) is 13.8. The van der Waals surface area contributed by atoms with E-state index in [-0.39, 0.29) is 5.75 Å². The number of fused-ring (bicyclic) bond motifs is 1. The van der Waals surface area contributed by atoms with Gasteiger partial charge in [-0.05, 0) is 42.1 Å². The van der Waals surface area contributed by atoms with Crippen LogP contribution in [-0.4, -0.2) is 10.4 Å². The molecule has 0 unspecified atom stereocenters. The van der Waals surface area contributed by atoms with E-state index in [0.717, 1.165) is 23.0 Å². The Kier molecular flexibility index (Phi) is 3.37. The second-order valence-electron chi connectivity index (χ2n) is 3.57. The molecule has 2 aromatic carbocycles. The number of nitrogens with one attached hydrogen (secondary N) is 1. The van der Waals surface area contributed by atoms with Crippen LogP contribution in [0.25, 0.3) is 10.8 Å². The molecular weight excluding hydrogens is 256 g/mol. The van der Waals surface area contributed by atoms with Gasteiger partial charge in [-0.1, -0.05) is 5.04 Å². The molecule has 2 rings (SSSR count). The number of aromatic hydroxyl groups is 1. The predicted octanol–water partition coefficient (Wildman–Crippen LogP) is 3.94. The standard InChI is InChI=1S/C11H10N2O4S/c1-6-9-4-7(18-17-16-15)5-11(14)8(9)2-3-10(6)13-12/h2-5,12,14-15H,1H3/i/hD. The average Bonchev–Trinajstić information content (AvgIpc) is 2.40. The fraction of sp³-hybridized carbons (Fsp3) is 0.0909. The maximum Gasteiger partial charge on any atom is 0.214 e. The van der Waals surface area contributed by atoms with Gasteiger partial charge in [-0.25, -0.2) is 10.8 Å². The molecule has 0 amide bonds. The molecular formula is C11H10N2O4S. The van der Waals surface area contributed by atoms with Gasteiger partial charge in [0.05, 0.1) is 17.7 Å². The number of nitrogens with zero attached hydrogens (tertiary/aromatic N) is 1. The monoisotopic (exact) mass is 267 g/mol. The molecule has 0 saturated carbocycles. The van der Waals surface area contributed by atoms with Gasteiger partial charge in [-0.15, -0.1) is 4.33 Å². The molecule has 0 heterocycles. The van der Waals surface area contributed by atoms with E-state index in [4.69, 9.17) is 6.67 Å². The van der Waals surface area contributed by atoms with Gasteiger partial charge in [0.1, 0.15) is 5.75 Å². The van der Waals surface area contributed by atoms with E-state index in [1.54, 1.807) is 18.2 Å². The maximum atomic E-state index is 9.93. The number of phenolic OH excluding ortho intramolecular Hbond substituents is 1. The summed E-state index contributed by atoms with van der Waals surface area (Å²) < 4.78 is 11.1. The highest BCUT2D eigenvalue weighted by molar-refractivity contribution is 7.94. The zero-order valence-electron chi connectivity index (χ0n) is 10.3. The van der Waals surface area contributed by atoms with Gasteiger partial charge >= 0.3 is 0 Å². The molecule has 0 spiro atoms. The van der Waals surface area contributed by atoms with E-state index in [2.05, 4.69) is 20.0 Å². The lowest BCUT2D eigenvalue weighted by molar-refractivity contribution is -0.432. The molecule has 3 N–H and O–H groups in total. The lowest BCUT2D eigenvalue weighted by Gasteiger charge is -2.08. The Bertz CT molecular complexity index is 636. The Morgan fingerprint density at radius 2 is 2.22 bits per heavy atom. The summed E-state index contributed by atoms with van der Waals surface area (Å²) in [5, 5.41) is 26.6. The SMILES string of the molecule is [2H]N=Nc1ccc2c(O)cc(SOOO)cc2c1C. The molecule has 0 radical (unpaired) electrons. The number of phenols is 1. The third kappa shape index (κ3) is 2.29. The second kappa shape index (κ2) is 5.32. The fourth-order valence-corrected chi connectivity index (χ4v) is 2.17. The van der Waals surface area contributed by atoms with Crippen LogP contribution in [0.15, 0.2) is 34.3 Å². The van der Waals surface area contributed by atoms with E-state index >= 15 is 0 Å². The molecule has 0 bridgehead atoms. The van der Waals surface area contributed by atoms with Crippen LogP contribution in [0.3, 0.4) is 0 Å². The Morgan fingerprint density at radius 1 is 1.39 bits per heavy atom. The summed E-state index contributed by atoms with van der Waals surface area (Å²) in [4.78, 5) is 0.544. The van der Waals surface area contributed by atoms with Crippen LogP contribution >= 0.6 is 12.0 Å². The van der Waals surface area contributed by atoms with E-state index in [1.165, 1.54) is 6.07 Å². The van der Waals surface area contributed by atoms with Crippen molar-refractivity contribution in [1.82, 2.24) is 0 Å². The van der Waals surface area contributed by atoms with E-state index in [9.17, 15) is 5.11 Å². The molecule has 18 heavy (non-hydrogen) atoms. The third-order valence-electron chi connectivity index (χ3n) is 2.60.